The van der Waals surface area contributed by atoms with Gasteiger partial charge in [-0.1, -0.05) is 0 Å². The number of amides is 1. The minimum absolute atomic E-state index is 0.0337. The molecule has 13 heavy (non-hydrogen) atoms. The van der Waals surface area contributed by atoms with Gasteiger partial charge in [-0.3, -0.25) is 4.79 Å². The Kier molecular flexibility index (Phi) is 9.59. The molecule has 0 unspecified atom stereocenters. The average molecular weight is 208 g/mol. The first kappa shape index (κ1) is 12.7. The van der Waals surface area contributed by atoms with Crippen LogP contribution in [0.1, 0.15) is 26.2 Å². The van der Waals surface area contributed by atoms with Crippen LogP contribution in [0, 0.1) is 0 Å². The Bertz CT molecular complexity index is 131. The van der Waals surface area contributed by atoms with Gasteiger partial charge in [-0.05, 0) is 19.8 Å². The molecule has 0 radical (unpaired) electrons. The molecule has 0 fully saturated rings. The van der Waals surface area contributed by atoms with Gasteiger partial charge < -0.3 is 10.1 Å². The quantitative estimate of drug-likeness (QED) is 0.485. The van der Waals surface area contributed by atoms with E-state index in [1.54, 1.807) is 0 Å². The van der Waals surface area contributed by atoms with E-state index < -0.39 is 0 Å². The Balaban J connectivity index is 3.02. The van der Waals surface area contributed by atoms with Crippen molar-refractivity contribution in [3.63, 3.8) is 0 Å². The summed E-state index contributed by atoms with van der Waals surface area (Å²) in [6.07, 6.45) is 2.37. The van der Waals surface area contributed by atoms with E-state index in [9.17, 15) is 4.79 Å². The van der Waals surface area contributed by atoms with Gasteiger partial charge in [0.25, 0.3) is 0 Å². The Hall–Kier alpha value is -0.280. The van der Waals surface area contributed by atoms with Gasteiger partial charge in [0.2, 0.25) is 5.91 Å². The highest BCUT2D eigenvalue weighted by Crippen LogP contribution is 1.89. The molecule has 0 saturated heterocycles. The largest absolute Gasteiger partial charge is 0.382 e. The van der Waals surface area contributed by atoms with Crippen LogP contribution in [0.25, 0.3) is 0 Å². The van der Waals surface area contributed by atoms with Gasteiger partial charge in [0.05, 0.1) is 0 Å². The molecule has 0 bridgehead atoms. The second-order valence-electron chi connectivity index (χ2n) is 2.69. The fourth-order valence-corrected chi connectivity index (χ4v) is 1.05. The van der Waals surface area contributed by atoms with Gasteiger partial charge in [0, 0.05) is 32.1 Å². The number of unbranched alkanes of at least 4 members (excludes halogenated alkanes) is 1. The molecular weight excluding hydrogens is 190 g/mol. The molecule has 78 valence electrons. The highest BCUT2D eigenvalue weighted by Gasteiger charge is 1.97. The minimum Gasteiger partial charge on any atom is -0.382 e. The number of carbonyl (C=O) groups is 1. The highest BCUT2D eigenvalue weighted by atomic mass is 35.5. The molecule has 0 aliphatic carbocycles. The van der Waals surface area contributed by atoms with Gasteiger partial charge in [-0.2, -0.15) is 0 Å². The first-order chi connectivity index (χ1) is 6.31. The molecule has 0 heterocycles. The Morgan fingerprint density at radius 3 is 2.85 bits per heavy atom. The predicted molar refractivity (Wildman–Crippen MR) is 54.1 cm³/mol. The first-order valence-corrected chi connectivity index (χ1v) is 5.25. The van der Waals surface area contributed by atoms with Gasteiger partial charge in [-0.15, -0.1) is 11.6 Å². The van der Waals surface area contributed by atoms with Crippen LogP contribution in [0.15, 0.2) is 0 Å². The van der Waals surface area contributed by atoms with E-state index in [1.807, 2.05) is 6.92 Å². The summed E-state index contributed by atoms with van der Waals surface area (Å²) in [6.45, 7) is 4.24. The van der Waals surface area contributed by atoms with Crippen molar-refractivity contribution in [1.29, 1.82) is 0 Å². The smallest absolute Gasteiger partial charge is 0.221 e. The van der Waals surface area contributed by atoms with Crippen LogP contribution in [0.3, 0.4) is 0 Å². The van der Waals surface area contributed by atoms with Crippen molar-refractivity contribution in [2.45, 2.75) is 26.2 Å². The maximum absolute atomic E-state index is 10.9. The van der Waals surface area contributed by atoms with Crippen molar-refractivity contribution in [3.05, 3.63) is 0 Å². The Morgan fingerprint density at radius 2 is 2.23 bits per heavy atom. The molecular formula is C9H18ClNO2. The fraction of sp³-hybridized carbons (Fsp3) is 0.889. The van der Waals surface area contributed by atoms with E-state index >= 15 is 0 Å². The van der Waals surface area contributed by atoms with Gasteiger partial charge in [0.1, 0.15) is 0 Å². The van der Waals surface area contributed by atoms with Gasteiger partial charge >= 0.3 is 0 Å². The molecule has 3 nitrogen and oxygen atoms in total. The molecule has 1 amide bonds. The van der Waals surface area contributed by atoms with E-state index in [1.165, 1.54) is 0 Å². The van der Waals surface area contributed by atoms with Crippen LogP contribution >= 0.6 is 11.6 Å². The summed E-state index contributed by atoms with van der Waals surface area (Å²) >= 11 is 5.40. The molecule has 0 atom stereocenters. The zero-order valence-corrected chi connectivity index (χ0v) is 8.90. The van der Waals surface area contributed by atoms with E-state index in [4.69, 9.17) is 16.3 Å². The van der Waals surface area contributed by atoms with Crippen molar-refractivity contribution in [3.8, 4) is 0 Å². The standard InChI is InChI=1S/C9H18ClNO2/c1-2-13-8-4-3-7-11-9(12)5-6-10/h2-8H2,1H3,(H,11,12). The minimum atomic E-state index is 0.0337. The molecule has 4 heteroatoms. The van der Waals surface area contributed by atoms with Gasteiger partial charge in [0.15, 0.2) is 0 Å². The maximum Gasteiger partial charge on any atom is 0.221 e. The van der Waals surface area contributed by atoms with Crippen LogP contribution in [0.4, 0.5) is 0 Å². The van der Waals surface area contributed by atoms with Crippen LogP contribution < -0.4 is 5.32 Å². The van der Waals surface area contributed by atoms with Crippen LogP contribution in [-0.2, 0) is 9.53 Å². The van der Waals surface area contributed by atoms with Crippen molar-refractivity contribution in [1.82, 2.24) is 5.32 Å². The summed E-state index contributed by atoms with van der Waals surface area (Å²) < 4.78 is 5.15. The third-order valence-electron chi connectivity index (χ3n) is 1.56. The number of hydrogen-bond acceptors (Lipinski definition) is 2. The number of ether oxygens (including phenoxy) is 1. The normalized spacial score (nSPS) is 10.0. The lowest BCUT2D eigenvalue weighted by atomic mass is 10.3. The fourth-order valence-electron chi connectivity index (χ4n) is 0.875. The lowest BCUT2D eigenvalue weighted by Crippen LogP contribution is -2.24. The van der Waals surface area contributed by atoms with E-state index in [-0.39, 0.29) is 5.91 Å². The molecule has 0 aromatic heterocycles. The van der Waals surface area contributed by atoms with Crippen molar-refractivity contribution in [2.24, 2.45) is 0 Å². The maximum atomic E-state index is 10.9. The topological polar surface area (TPSA) is 38.3 Å². The molecule has 0 spiro atoms. The second-order valence-corrected chi connectivity index (χ2v) is 3.07. The van der Waals surface area contributed by atoms with Gasteiger partial charge in [-0.25, -0.2) is 0 Å². The average Bonchev–Trinajstić information content (AvgIpc) is 2.11. The number of rotatable bonds is 8. The number of nitrogens with one attached hydrogen (secondary N) is 1. The number of hydrogen-bond donors (Lipinski definition) is 1. The van der Waals surface area contributed by atoms with E-state index in [0.29, 0.717) is 12.3 Å². The number of carbonyl (C=O) groups excluding carboxylic acids is 1. The molecule has 0 aromatic carbocycles. The molecule has 1 N–H and O–H groups in total. The van der Waals surface area contributed by atoms with E-state index in [0.717, 1.165) is 32.6 Å². The summed E-state index contributed by atoms with van der Waals surface area (Å²) in [5, 5.41) is 2.78. The zero-order chi connectivity index (χ0) is 9.94. The highest BCUT2D eigenvalue weighted by molar-refractivity contribution is 6.18. The zero-order valence-electron chi connectivity index (χ0n) is 8.14. The number of halogens is 1. The van der Waals surface area contributed by atoms with Crippen LogP contribution in [0.2, 0.25) is 0 Å². The summed E-state index contributed by atoms with van der Waals surface area (Å²) in [4.78, 5) is 10.9. The first-order valence-electron chi connectivity index (χ1n) is 4.71. The summed E-state index contributed by atoms with van der Waals surface area (Å²) in [7, 11) is 0. The molecule has 0 aliphatic rings. The predicted octanol–water partition coefficient (Wildman–Crippen LogP) is 1.55. The molecule has 0 aliphatic heterocycles. The lowest BCUT2D eigenvalue weighted by molar-refractivity contribution is -0.120. The second kappa shape index (κ2) is 9.81. The van der Waals surface area contributed by atoms with Crippen LogP contribution in [-0.4, -0.2) is 31.5 Å². The summed E-state index contributed by atoms with van der Waals surface area (Å²) in [5.74, 6) is 0.427. The lowest BCUT2D eigenvalue weighted by Gasteiger charge is -2.03. The van der Waals surface area contributed by atoms with Crippen molar-refractivity contribution in [2.75, 3.05) is 25.6 Å². The number of alkyl halides is 1. The van der Waals surface area contributed by atoms with Crippen LogP contribution in [0.5, 0.6) is 0 Å². The third-order valence-corrected chi connectivity index (χ3v) is 1.75. The summed E-state index contributed by atoms with van der Waals surface area (Å²) in [5.41, 5.74) is 0. The third kappa shape index (κ3) is 9.64. The Labute approximate surface area is 84.8 Å². The van der Waals surface area contributed by atoms with Crippen molar-refractivity contribution >= 4 is 17.5 Å². The van der Waals surface area contributed by atoms with E-state index in [2.05, 4.69) is 5.32 Å². The summed E-state index contributed by atoms with van der Waals surface area (Å²) in [6, 6.07) is 0. The Morgan fingerprint density at radius 1 is 1.46 bits per heavy atom. The molecule has 0 rings (SSSR count). The SMILES string of the molecule is CCOCCCCNC(=O)CCCl. The van der Waals surface area contributed by atoms with Crippen molar-refractivity contribution < 1.29 is 9.53 Å². The molecule has 0 saturated carbocycles. The monoisotopic (exact) mass is 207 g/mol. The molecule has 0 aromatic rings.